The summed E-state index contributed by atoms with van der Waals surface area (Å²) in [6.45, 7) is 8.15. The molecule has 0 fully saturated rings. The highest BCUT2D eigenvalue weighted by Gasteiger charge is 2.14. The lowest BCUT2D eigenvalue weighted by Gasteiger charge is -2.19. The van der Waals surface area contributed by atoms with Gasteiger partial charge >= 0.3 is 0 Å². The van der Waals surface area contributed by atoms with Crippen LogP contribution in [0.5, 0.6) is 0 Å². The summed E-state index contributed by atoms with van der Waals surface area (Å²) in [5, 5.41) is 12.3. The molecule has 22 heavy (non-hydrogen) atoms. The SMILES string of the molecule is C[C@H](O)c1ccc(NC(=O)c2ccc(C(C)(C)C)cc2)cc1. The fourth-order valence-electron chi connectivity index (χ4n) is 2.17. The Morgan fingerprint density at radius 2 is 1.55 bits per heavy atom. The first-order chi connectivity index (χ1) is 10.3. The van der Waals surface area contributed by atoms with Crippen LogP contribution < -0.4 is 5.32 Å². The summed E-state index contributed by atoms with van der Waals surface area (Å²) < 4.78 is 0. The Hall–Kier alpha value is -2.13. The van der Waals surface area contributed by atoms with Crippen LogP contribution in [0, 0.1) is 0 Å². The highest BCUT2D eigenvalue weighted by atomic mass is 16.3. The van der Waals surface area contributed by atoms with Crippen molar-refractivity contribution in [2.45, 2.75) is 39.2 Å². The molecule has 3 nitrogen and oxygen atoms in total. The summed E-state index contributed by atoms with van der Waals surface area (Å²) in [5.41, 5.74) is 3.45. The van der Waals surface area contributed by atoms with E-state index in [0.717, 1.165) is 5.56 Å². The van der Waals surface area contributed by atoms with E-state index in [1.54, 1.807) is 19.1 Å². The Morgan fingerprint density at radius 1 is 1.00 bits per heavy atom. The van der Waals surface area contributed by atoms with E-state index in [4.69, 9.17) is 0 Å². The maximum atomic E-state index is 12.2. The first-order valence-corrected chi connectivity index (χ1v) is 7.47. The van der Waals surface area contributed by atoms with E-state index in [0.29, 0.717) is 11.3 Å². The summed E-state index contributed by atoms with van der Waals surface area (Å²) in [4.78, 5) is 12.2. The van der Waals surface area contributed by atoms with Crippen LogP contribution in [0.3, 0.4) is 0 Å². The largest absolute Gasteiger partial charge is 0.389 e. The molecule has 0 aliphatic carbocycles. The topological polar surface area (TPSA) is 49.3 Å². The van der Waals surface area contributed by atoms with Gasteiger partial charge in [-0.1, -0.05) is 45.0 Å². The second-order valence-corrected chi connectivity index (χ2v) is 6.58. The molecule has 0 heterocycles. The average Bonchev–Trinajstić information content (AvgIpc) is 2.47. The average molecular weight is 297 g/mol. The summed E-state index contributed by atoms with van der Waals surface area (Å²) in [5.74, 6) is -0.134. The molecule has 0 saturated carbocycles. The number of hydrogen-bond donors (Lipinski definition) is 2. The van der Waals surface area contributed by atoms with Gasteiger partial charge in [0.15, 0.2) is 0 Å². The molecule has 0 aliphatic heterocycles. The summed E-state index contributed by atoms with van der Waals surface area (Å²) in [6, 6.07) is 14.9. The molecule has 1 atom stereocenters. The van der Waals surface area contributed by atoms with E-state index in [2.05, 4.69) is 26.1 Å². The van der Waals surface area contributed by atoms with Gasteiger partial charge in [-0.05, 0) is 47.7 Å². The van der Waals surface area contributed by atoms with Gasteiger partial charge in [0.1, 0.15) is 0 Å². The minimum Gasteiger partial charge on any atom is -0.389 e. The van der Waals surface area contributed by atoms with Gasteiger partial charge in [0.2, 0.25) is 0 Å². The molecule has 0 aromatic heterocycles. The molecular weight excluding hydrogens is 274 g/mol. The van der Waals surface area contributed by atoms with Crippen LogP contribution in [0.15, 0.2) is 48.5 Å². The standard InChI is InChI=1S/C19H23NO2/c1-13(21)14-7-11-17(12-8-14)20-18(22)15-5-9-16(10-6-15)19(2,3)4/h5-13,21H,1-4H3,(H,20,22)/t13-/m0/s1. The van der Waals surface area contributed by atoms with Crippen molar-refractivity contribution in [2.75, 3.05) is 5.32 Å². The van der Waals surface area contributed by atoms with E-state index in [-0.39, 0.29) is 11.3 Å². The fourth-order valence-corrected chi connectivity index (χ4v) is 2.17. The molecule has 0 bridgehead atoms. The minimum absolute atomic E-state index is 0.0752. The van der Waals surface area contributed by atoms with Gasteiger partial charge in [-0.3, -0.25) is 4.79 Å². The van der Waals surface area contributed by atoms with Crippen LogP contribution in [0.2, 0.25) is 0 Å². The first kappa shape index (κ1) is 16.2. The fraction of sp³-hybridized carbons (Fsp3) is 0.316. The molecule has 0 saturated heterocycles. The number of hydrogen-bond acceptors (Lipinski definition) is 2. The van der Waals surface area contributed by atoms with Crippen molar-refractivity contribution in [1.82, 2.24) is 0 Å². The third-order valence-corrected chi connectivity index (χ3v) is 3.66. The van der Waals surface area contributed by atoms with Gasteiger partial charge in [-0.25, -0.2) is 0 Å². The minimum atomic E-state index is -0.505. The van der Waals surface area contributed by atoms with Crippen molar-refractivity contribution in [3.05, 3.63) is 65.2 Å². The monoisotopic (exact) mass is 297 g/mol. The molecule has 2 rings (SSSR count). The molecular formula is C19H23NO2. The van der Waals surface area contributed by atoms with E-state index in [9.17, 15) is 9.90 Å². The number of amides is 1. The van der Waals surface area contributed by atoms with Crippen molar-refractivity contribution in [1.29, 1.82) is 0 Å². The normalized spacial score (nSPS) is 12.8. The lowest BCUT2D eigenvalue weighted by Crippen LogP contribution is -2.14. The smallest absolute Gasteiger partial charge is 0.255 e. The molecule has 3 heteroatoms. The lowest BCUT2D eigenvalue weighted by atomic mass is 9.87. The zero-order valence-electron chi connectivity index (χ0n) is 13.6. The third kappa shape index (κ3) is 3.95. The van der Waals surface area contributed by atoms with Crippen molar-refractivity contribution < 1.29 is 9.90 Å². The quantitative estimate of drug-likeness (QED) is 0.888. The van der Waals surface area contributed by atoms with Crippen molar-refractivity contribution in [3.63, 3.8) is 0 Å². The van der Waals surface area contributed by atoms with Gasteiger partial charge in [0.25, 0.3) is 5.91 Å². The number of carbonyl (C=O) groups is 1. The molecule has 0 spiro atoms. The van der Waals surface area contributed by atoms with Crippen molar-refractivity contribution in [2.24, 2.45) is 0 Å². The Morgan fingerprint density at radius 3 is 2.00 bits per heavy atom. The summed E-state index contributed by atoms with van der Waals surface area (Å²) in [7, 11) is 0. The summed E-state index contributed by atoms with van der Waals surface area (Å²) in [6.07, 6.45) is -0.505. The van der Waals surface area contributed by atoms with Gasteiger partial charge < -0.3 is 10.4 Å². The summed E-state index contributed by atoms with van der Waals surface area (Å²) >= 11 is 0. The lowest BCUT2D eigenvalue weighted by molar-refractivity contribution is 0.102. The number of aliphatic hydroxyl groups excluding tert-OH is 1. The van der Waals surface area contributed by atoms with Crippen molar-refractivity contribution >= 4 is 11.6 Å². The Labute approximate surface area is 132 Å². The molecule has 2 aromatic carbocycles. The number of rotatable bonds is 3. The van der Waals surface area contributed by atoms with E-state index >= 15 is 0 Å². The highest BCUT2D eigenvalue weighted by molar-refractivity contribution is 6.04. The van der Waals surface area contributed by atoms with Crippen LogP contribution in [-0.4, -0.2) is 11.0 Å². The second kappa shape index (κ2) is 6.32. The van der Waals surface area contributed by atoms with Crippen LogP contribution in [0.25, 0.3) is 0 Å². The zero-order chi connectivity index (χ0) is 16.3. The molecule has 2 N–H and O–H groups in total. The van der Waals surface area contributed by atoms with Crippen molar-refractivity contribution in [3.8, 4) is 0 Å². The number of carbonyl (C=O) groups excluding carboxylic acids is 1. The zero-order valence-corrected chi connectivity index (χ0v) is 13.6. The maximum Gasteiger partial charge on any atom is 0.255 e. The van der Waals surface area contributed by atoms with Crippen LogP contribution in [0.4, 0.5) is 5.69 Å². The van der Waals surface area contributed by atoms with Crippen LogP contribution >= 0.6 is 0 Å². The number of aliphatic hydroxyl groups is 1. The number of anilines is 1. The van der Waals surface area contributed by atoms with Crippen LogP contribution in [0.1, 0.15) is 55.3 Å². The van der Waals surface area contributed by atoms with E-state index < -0.39 is 6.10 Å². The molecule has 2 aromatic rings. The molecule has 0 unspecified atom stereocenters. The Bertz CT molecular complexity index is 635. The van der Waals surface area contributed by atoms with Gasteiger partial charge in [-0.2, -0.15) is 0 Å². The molecule has 0 radical (unpaired) electrons. The molecule has 116 valence electrons. The molecule has 0 aliphatic rings. The van der Waals surface area contributed by atoms with Gasteiger partial charge in [-0.15, -0.1) is 0 Å². The Balaban J connectivity index is 2.09. The predicted molar refractivity (Wildman–Crippen MR) is 90.2 cm³/mol. The number of nitrogens with one attached hydrogen (secondary N) is 1. The molecule has 1 amide bonds. The van der Waals surface area contributed by atoms with Gasteiger partial charge in [0, 0.05) is 11.3 Å². The van der Waals surface area contributed by atoms with E-state index in [1.165, 1.54) is 5.56 Å². The maximum absolute atomic E-state index is 12.2. The third-order valence-electron chi connectivity index (χ3n) is 3.66. The van der Waals surface area contributed by atoms with Gasteiger partial charge in [0.05, 0.1) is 6.10 Å². The predicted octanol–water partition coefficient (Wildman–Crippen LogP) is 4.29. The highest BCUT2D eigenvalue weighted by Crippen LogP contribution is 2.22. The second-order valence-electron chi connectivity index (χ2n) is 6.58. The first-order valence-electron chi connectivity index (χ1n) is 7.47. The number of benzene rings is 2. The van der Waals surface area contributed by atoms with E-state index in [1.807, 2.05) is 36.4 Å². The van der Waals surface area contributed by atoms with Crippen LogP contribution in [-0.2, 0) is 5.41 Å². The Kier molecular flexibility index (Phi) is 4.67.